The predicted octanol–water partition coefficient (Wildman–Crippen LogP) is 3.48. The number of fused-ring (bicyclic) bond motifs is 1. The highest BCUT2D eigenvalue weighted by molar-refractivity contribution is 6.00. The number of hydrogen-bond acceptors (Lipinski definition) is 7. The van der Waals surface area contributed by atoms with Crippen LogP contribution in [0.3, 0.4) is 0 Å². The van der Waals surface area contributed by atoms with Crippen molar-refractivity contribution < 1.29 is 18.7 Å². The van der Waals surface area contributed by atoms with E-state index in [1.54, 1.807) is 0 Å². The van der Waals surface area contributed by atoms with Gasteiger partial charge in [0, 0.05) is 43.9 Å². The van der Waals surface area contributed by atoms with E-state index in [1.807, 2.05) is 29.2 Å². The summed E-state index contributed by atoms with van der Waals surface area (Å²) in [5, 5.41) is 0.831. The zero-order valence-corrected chi connectivity index (χ0v) is 21.5. The van der Waals surface area contributed by atoms with Crippen LogP contribution in [0.1, 0.15) is 44.6 Å². The molecular weight excluding hydrogens is 487 g/mol. The van der Waals surface area contributed by atoms with Gasteiger partial charge in [-0.15, -0.1) is 0 Å². The molecule has 3 aromatic rings. The van der Waals surface area contributed by atoms with Gasteiger partial charge in [-0.3, -0.25) is 9.69 Å². The van der Waals surface area contributed by atoms with Crippen LogP contribution in [0.5, 0.6) is 5.75 Å². The number of rotatable bonds is 8. The zero-order chi connectivity index (χ0) is 26.2. The van der Waals surface area contributed by atoms with Crippen molar-refractivity contribution in [1.82, 2.24) is 19.4 Å². The Morgan fingerprint density at radius 2 is 2.08 bits per heavy atom. The smallest absolute Gasteiger partial charge is 0.234 e. The molecule has 4 heterocycles. The van der Waals surface area contributed by atoms with Crippen molar-refractivity contribution in [3.05, 3.63) is 36.8 Å². The average Bonchev–Trinajstić information content (AvgIpc) is 3.47. The lowest BCUT2D eigenvalue weighted by atomic mass is 9.79. The number of nitrogens with two attached hydrogens (primary N) is 2. The maximum absolute atomic E-state index is 14.0. The molecule has 2 saturated heterocycles. The topological polar surface area (TPSA) is 122 Å². The number of halogens is 1. The Morgan fingerprint density at radius 3 is 2.87 bits per heavy atom. The molecule has 0 radical (unpaired) electrons. The molecular formula is C28H35FN6O3. The van der Waals surface area contributed by atoms with E-state index in [1.165, 1.54) is 12.7 Å². The monoisotopic (exact) mass is 522 g/mol. The Labute approximate surface area is 221 Å². The van der Waals surface area contributed by atoms with Gasteiger partial charge >= 0.3 is 0 Å². The molecule has 10 heteroatoms. The van der Waals surface area contributed by atoms with Crippen molar-refractivity contribution in [3.63, 3.8) is 0 Å². The van der Waals surface area contributed by atoms with Crippen molar-refractivity contribution in [2.24, 2.45) is 11.7 Å². The number of likely N-dealkylation sites (tertiary alicyclic amines) is 1. The van der Waals surface area contributed by atoms with Gasteiger partial charge in [-0.2, -0.15) is 0 Å². The van der Waals surface area contributed by atoms with Crippen LogP contribution in [0.4, 0.5) is 10.2 Å². The molecule has 38 heavy (non-hydrogen) atoms. The van der Waals surface area contributed by atoms with Crippen molar-refractivity contribution in [2.75, 3.05) is 32.0 Å². The van der Waals surface area contributed by atoms with Gasteiger partial charge in [-0.1, -0.05) is 12.1 Å². The molecule has 3 aliphatic rings. The van der Waals surface area contributed by atoms with Gasteiger partial charge in [0.1, 0.15) is 36.3 Å². The number of nitrogen functional groups attached to an aromatic ring is 1. The molecule has 6 rings (SSSR count). The maximum atomic E-state index is 14.0. The third-order valence-electron chi connectivity index (χ3n) is 8.27. The Kier molecular flexibility index (Phi) is 6.92. The molecule has 3 atom stereocenters. The Morgan fingerprint density at radius 1 is 1.21 bits per heavy atom. The lowest BCUT2D eigenvalue weighted by molar-refractivity contribution is -0.122. The van der Waals surface area contributed by atoms with Crippen LogP contribution in [0, 0.1) is 5.92 Å². The molecule has 9 nitrogen and oxygen atoms in total. The standard InChI is InChI=1S/C28H35FN6O3/c29-19-11-24(27(31)36)34(13-19)12-17-8-20(9-17)35-14-23(25-26(30)32-16-33-28(25)35)18-4-3-6-21(10-18)38-15-22-5-1-2-7-37-22/h3-4,6,10,14,16-17,19-20,22,24H,1-2,5,7-9,11-13,15H2,(H2,31,36)(H2,30,32,33)/t17?,19-,20?,22?,24+/m1/s1. The minimum absolute atomic E-state index is 0.138. The van der Waals surface area contributed by atoms with E-state index in [-0.39, 0.29) is 25.1 Å². The quantitative estimate of drug-likeness (QED) is 0.465. The number of amides is 1. The van der Waals surface area contributed by atoms with Crippen LogP contribution in [-0.2, 0) is 9.53 Å². The van der Waals surface area contributed by atoms with Crippen LogP contribution >= 0.6 is 0 Å². The molecule has 1 aromatic carbocycles. The molecule has 1 saturated carbocycles. The fourth-order valence-corrected chi connectivity index (χ4v) is 6.24. The zero-order valence-electron chi connectivity index (χ0n) is 21.5. The van der Waals surface area contributed by atoms with E-state index < -0.39 is 18.1 Å². The second kappa shape index (κ2) is 10.5. The summed E-state index contributed by atoms with van der Waals surface area (Å²) < 4.78 is 28.0. The fourth-order valence-electron chi connectivity index (χ4n) is 6.24. The lowest BCUT2D eigenvalue weighted by Gasteiger charge is -2.39. The van der Waals surface area contributed by atoms with Crippen molar-refractivity contribution in [1.29, 1.82) is 0 Å². The van der Waals surface area contributed by atoms with Gasteiger partial charge in [0.25, 0.3) is 0 Å². The summed E-state index contributed by atoms with van der Waals surface area (Å²) in [7, 11) is 0. The van der Waals surface area contributed by atoms with Crippen molar-refractivity contribution in [2.45, 2.75) is 62.9 Å². The maximum Gasteiger partial charge on any atom is 0.234 e. The van der Waals surface area contributed by atoms with Gasteiger partial charge in [0.15, 0.2) is 0 Å². The number of carbonyl (C=O) groups excluding carboxylic acids is 1. The molecule has 2 aromatic heterocycles. The first-order chi connectivity index (χ1) is 18.5. The number of hydrogen-bond donors (Lipinski definition) is 2. The average molecular weight is 523 g/mol. The summed E-state index contributed by atoms with van der Waals surface area (Å²) in [6, 6.07) is 7.76. The number of aromatic nitrogens is 3. The highest BCUT2D eigenvalue weighted by atomic mass is 19.1. The number of primary amides is 1. The molecule has 0 spiro atoms. The summed E-state index contributed by atoms with van der Waals surface area (Å²) in [5.74, 6) is 1.16. The number of benzene rings is 1. The minimum atomic E-state index is -0.992. The van der Waals surface area contributed by atoms with Crippen LogP contribution in [0.2, 0.25) is 0 Å². The second-order valence-electron chi connectivity index (χ2n) is 10.9. The van der Waals surface area contributed by atoms with Crippen LogP contribution < -0.4 is 16.2 Å². The van der Waals surface area contributed by atoms with Crippen molar-refractivity contribution in [3.8, 4) is 16.9 Å². The fraction of sp³-hybridized carbons (Fsp3) is 0.536. The minimum Gasteiger partial charge on any atom is -0.491 e. The van der Waals surface area contributed by atoms with E-state index in [0.29, 0.717) is 24.9 Å². The number of ether oxygens (including phenoxy) is 2. The molecule has 1 amide bonds. The third-order valence-corrected chi connectivity index (χ3v) is 8.27. The molecule has 1 unspecified atom stereocenters. The summed E-state index contributed by atoms with van der Waals surface area (Å²) in [6.45, 7) is 2.30. The number of alkyl halides is 1. The Bertz CT molecular complexity index is 1300. The van der Waals surface area contributed by atoms with Crippen LogP contribution in [-0.4, -0.2) is 70.0 Å². The van der Waals surface area contributed by atoms with Gasteiger partial charge in [0.2, 0.25) is 5.91 Å². The largest absolute Gasteiger partial charge is 0.491 e. The highest BCUT2D eigenvalue weighted by Crippen LogP contribution is 2.44. The third kappa shape index (κ3) is 4.94. The molecule has 2 aliphatic heterocycles. The summed E-state index contributed by atoms with van der Waals surface area (Å²) in [6.07, 6.45) is 8.10. The summed E-state index contributed by atoms with van der Waals surface area (Å²) in [4.78, 5) is 22.5. The van der Waals surface area contributed by atoms with Gasteiger partial charge < -0.3 is 25.5 Å². The van der Waals surface area contributed by atoms with E-state index in [0.717, 1.165) is 60.2 Å². The number of carbonyl (C=O) groups is 1. The first-order valence-corrected chi connectivity index (χ1v) is 13.6. The SMILES string of the molecule is NC(=O)[C@@H]1C[C@@H](F)CN1CC1CC(n2cc(-c3cccc(OCC4CCCCO4)c3)c3c(N)ncnc32)C1. The lowest BCUT2D eigenvalue weighted by Crippen LogP contribution is -2.45. The van der Waals surface area contributed by atoms with E-state index >= 15 is 0 Å². The van der Waals surface area contributed by atoms with Crippen LogP contribution in [0.25, 0.3) is 22.2 Å². The predicted molar refractivity (Wildman–Crippen MR) is 142 cm³/mol. The molecule has 202 valence electrons. The molecule has 1 aliphatic carbocycles. The first kappa shape index (κ1) is 25.1. The molecule has 4 N–H and O–H groups in total. The van der Waals surface area contributed by atoms with Gasteiger partial charge in [-0.05, 0) is 55.7 Å². The van der Waals surface area contributed by atoms with Gasteiger partial charge in [-0.25, -0.2) is 14.4 Å². The highest BCUT2D eigenvalue weighted by Gasteiger charge is 2.40. The van der Waals surface area contributed by atoms with E-state index in [2.05, 4.69) is 20.7 Å². The van der Waals surface area contributed by atoms with E-state index in [9.17, 15) is 9.18 Å². The molecule has 0 bridgehead atoms. The number of anilines is 1. The van der Waals surface area contributed by atoms with Crippen molar-refractivity contribution >= 4 is 22.8 Å². The van der Waals surface area contributed by atoms with E-state index in [4.69, 9.17) is 20.9 Å². The normalized spacial score (nSPS) is 27.9. The first-order valence-electron chi connectivity index (χ1n) is 13.6. The summed E-state index contributed by atoms with van der Waals surface area (Å²) in [5.41, 5.74) is 14.6. The van der Waals surface area contributed by atoms with Crippen LogP contribution in [0.15, 0.2) is 36.8 Å². The number of nitrogens with zero attached hydrogens (tertiary/aromatic N) is 4. The molecule has 3 fully saturated rings. The Balaban J connectivity index is 1.19. The summed E-state index contributed by atoms with van der Waals surface area (Å²) >= 11 is 0. The van der Waals surface area contributed by atoms with Gasteiger partial charge in [0.05, 0.1) is 17.5 Å². The Hall–Kier alpha value is -3.24. The second-order valence-corrected chi connectivity index (χ2v) is 10.9.